The number of nitrogens with one attached hydrogen (secondary N) is 1. The Morgan fingerprint density at radius 3 is 2.27 bits per heavy atom. The minimum Gasteiger partial charge on any atom is -0.285 e. The molecule has 0 aliphatic carbocycles. The molecule has 0 aliphatic rings. The maximum atomic E-state index is 11.7. The summed E-state index contributed by atoms with van der Waals surface area (Å²) in [7, 11) is 1.61. The van der Waals surface area contributed by atoms with Gasteiger partial charge in [0.05, 0.1) is 5.69 Å². The molecule has 1 aromatic rings. The zero-order valence-electron chi connectivity index (χ0n) is 6.12. The van der Waals surface area contributed by atoms with Crippen LogP contribution in [-0.2, 0) is 0 Å². The van der Waals surface area contributed by atoms with E-state index in [-0.39, 0.29) is 12.4 Å². The van der Waals surface area contributed by atoms with Crippen molar-refractivity contribution in [3.63, 3.8) is 0 Å². The maximum absolute atomic E-state index is 11.7. The lowest BCUT2D eigenvalue weighted by atomic mass is 10.3. The Balaban J connectivity index is 0.000001000. The fourth-order valence-corrected chi connectivity index (χ4v) is 0.700. The lowest BCUT2D eigenvalue weighted by molar-refractivity contribution is 0.328. The zero-order valence-corrected chi connectivity index (χ0v) is 6.94. The highest BCUT2D eigenvalue weighted by Gasteiger charge is 1.94. The molecular weight excluding hydrogens is 167 g/mol. The molecule has 4 heteroatoms. The summed E-state index contributed by atoms with van der Waals surface area (Å²) in [6.07, 6.45) is 0. The fraction of sp³-hybridized carbons (Fsp3) is 0.143. The van der Waals surface area contributed by atoms with Gasteiger partial charge in [-0.05, 0) is 12.1 Å². The van der Waals surface area contributed by atoms with Crippen LogP contribution in [0.25, 0.3) is 0 Å². The summed E-state index contributed by atoms with van der Waals surface area (Å²) in [5.41, 5.74) is 2.31. The van der Waals surface area contributed by atoms with E-state index in [9.17, 15) is 4.48 Å². The van der Waals surface area contributed by atoms with Gasteiger partial charge >= 0.3 is 0 Å². The van der Waals surface area contributed by atoms with E-state index in [0.717, 1.165) is 5.69 Å². The van der Waals surface area contributed by atoms with Gasteiger partial charge in [0.25, 0.3) is 0 Å². The van der Waals surface area contributed by atoms with E-state index in [2.05, 4.69) is 0 Å². The third kappa shape index (κ3) is 2.74. The molecule has 0 fully saturated rings. The Morgan fingerprint density at radius 2 is 1.82 bits per heavy atom. The van der Waals surface area contributed by atoms with Crippen molar-refractivity contribution in [1.29, 1.82) is 0 Å². The number of para-hydroxylation sites is 1. The number of hydrogen-bond acceptors (Lipinski definition) is 2. The number of benzene rings is 1. The van der Waals surface area contributed by atoms with E-state index < -0.39 is 0 Å². The molecule has 0 radical (unpaired) electrons. The molecule has 0 saturated carbocycles. The predicted octanol–water partition coefficient (Wildman–Crippen LogP) is 1.93. The van der Waals surface area contributed by atoms with Gasteiger partial charge in [-0.25, -0.2) is 0 Å². The summed E-state index contributed by atoms with van der Waals surface area (Å²) < 4.78 is 11.7. The van der Waals surface area contributed by atoms with Crippen LogP contribution in [0.4, 0.5) is 10.2 Å². The molecular formula is C7H10ClFN2. The van der Waals surface area contributed by atoms with Gasteiger partial charge in [0, 0.05) is 7.05 Å². The Kier molecular flexibility index (Phi) is 4.57. The zero-order chi connectivity index (χ0) is 7.40. The largest absolute Gasteiger partial charge is 0.285 e. The van der Waals surface area contributed by atoms with Crippen LogP contribution in [-0.4, -0.2) is 7.05 Å². The molecule has 62 valence electrons. The molecule has 0 aliphatic heterocycles. The lowest BCUT2D eigenvalue weighted by Crippen LogP contribution is -2.26. The Labute approximate surface area is 71.3 Å². The summed E-state index contributed by atoms with van der Waals surface area (Å²) in [5, 5.41) is 1.29. The third-order valence-corrected chi connectivity index (χ3v) is 1.27. The van der Waals surface area contributed by atoms with E-state index >= 15 is 0 Å². The minimum atomic E-state index is 0. The third-order valence-electron chi connectivity index (χ3n) is 1.27. The van der Waals surface area contributed by atoms with E-state index in [4.69, 9.17) is 0 Å². The highest BCUT2D eigenvalue weighted by Crippen LogP contribution is 2.07. The normalized spacial score (nSPS) is 8.55. The maximum Gasteiger partial charge on any atom is 0.0541 e. The SMILES string of the molecule is CN(NF)c1ccccc1.Cl. The molecule has 1 rings (SSSR count). The van der Waals surface area contributed by atoms with Crippen molar-refractivity contribution in [1.82, 2.24) is 5.65 Å². The van der Waals surface area contributed by atoms with Crippen LogP contribution in [0.15, 0.2) is 30.3 Å². The molecule has 0 amide bonds. The molecule has 0 spiro atoms. The Morgan fingerprint density at radius 1 is 1.27 bits per heavy atom. The average molecular weight is 177 g/mol. The van der Waals surface area contributed by atoms with Crippen LogP contribution in [0, 0.1) is 0 Å². The average Bonchev–Trinajstić information content (AvgIpc) is 2.05. The van der Waals surface area contributed by atoms with Gasteiger partial charge in [0.1, 0.15) is 0 Å². The van der Waals surface area contributed by atoms with E-state index in [1.807, 2.05) is 30.3 Å². The molecule has 1 N–H and O–H groups in total. The number of hydrazine groups is 1. The first-order valence-electron chi connectivity index (χ1n) is 2.99. The van der Waals surface area contributed by atoms with Gasteiger partial charge in [-0.2, -0.15) is 0 Å². The summed E-state index contributed by atoms with van der Waals surface area (Å²) in [4.78, 5) is 0. The first-order chi connectivity index (χ1) is 4.84. The summed E-state index contributed by atoms with van der Waals surface area (Å²) in [6.45, 7) is 0. The second-order valence-electron chi connectivity index (χ2n) is 1.98. The van der Waals surface area contributed by atoms with E-state index in [1.54, 1.807) is 7.05 Å². The lowest BCUT2D eigenvalue weighted by Gasteiger charge is -2.13. The first-order valence-corrected chi connectivity index (χ1v) is 2.99. The van der Waals surface area contributed by atoms with E-state index in [0.29, 0.717) is 0 Å². The standard InChI is InChI=1S/C7H9FN2.ClH/c1-10(9-8)7-5-3-2-4-6-7;/h2-6,9H,1H3;1H. The van der Waals surface area contributed by atoms with Gasteiger partial charge in [0.15, 0.2) is 0 Å². The Bertz CT molecular complexity index is 193. The molecule has 0 atom stereocenters. The van der Waals surface area contributed by atoms with Crippen molar-refractivity contribution in [3.05, 3.63) is 30.3 Å². The van der Waals surface area contributed by atoms with Gasteiger partial charge < -0.3 is 0 Å². The monoisotopic (exact) mass is 176 g/mol. The molecule has 0 saturated heterocycles. The first kappa shape index (κ1) is 10.2. The van der Waals surface area contributed by atoms with Crippen LogP contribution in [0.3, 0.4) is 0 Å². The fourth-order valence-electron chi connectivity index (χ4n) is 0.700. The van der Waals surface area contributed by atoms with Gasteiger partial charge in [-0.15, -0.1) is 16.9 Å². The quantitative estimate of drug-likeness (QED) is 0.547. The predicted molar refractivity (Wildman–Crippen MR) is 46.3 cm³/mol. The number of rotatable bonds is 2. The summed E-state index contributed by atoms with van der Waals surface area (Å²) in [6, 6.07) is 9.21. The van der Waals surface area contributed by atoms with Crippen molar-refractivity contribution < 1.29 is 4.48 Å². The van der Waals surface area contributed by atoms with Crippen LogP contribution in [0.2, 0.25) is 0 Å². The van der Waals surface area contributed by atoms with Crippen molar-refractivity contribution in [2.45, 2.75) is 0 Å². The van der Waals surface area contributed by atoms with Crippen LogP contribution >= 0.6 is 12.4 Å². The number of anilines is 1. The molecule has 0 aromatic heterocycles. The molecule has 1 aromatic carbocycles. The number of hydrogen-bond donors (Lipinski definition) is 1. The van der Waals surface area contributed by atoms with Crippen molar-refractivity contribution in [2.75, 3.05) is 12.1 Å². The number of halogens is 2. The highest BCUT2D eigenvalue weighted by atomic mass is 35.5. The minimum absolute atomic E-state index is 0. The second-order valence-corrected chi connectivity index (χ2v) is 1.98. The van der Waals surface area contributed by atoms with Crippen LogP contribution in [0.5, 0.6) is 0 Å². The molecule has 2 nitrogen and oxygen atoms in total. The van der Waals surface area contributed by atoms with Crippen molar-refractivity contribution in [3.8, 4) is 0 Å². The van der Waals surface area contributed by atoms with E-state index in [1.165, 1.54) is 10.7 Å². The van der Waals surface area contributed by atoms with Crippen molar-refractivity contribution in [2.24, 2.45) is 0 Å². The molecule has 0 unspecified atom stereocenters. The van der Waals surface area contributed by atoms with Crippen molar-refractivity contribution >= 4 is 18.1 Å². The molecule has 0 bridgehead atoms. The summed E-state index contributed by atoms with van der Waals surface area (Å²) in [5.74, 6) is 0. The van der Waals surface area contributed by atoms with Gasteiger partial charge in [-0.3, -0.25) is 5.01 Å². The van der Waals surface area contributed by atoms with Crippen LogP contribution in [0.1, 0.15) is 0 Å². The van der Waals surface area contributed by atoms with Gasteiger partial charge in [-0.1, -0.05) is 23.8 Å². The smallest absolute Gasteiger partial charge is 0.0541 e. The second kappa shape index (κ2) is 4.93. The highest BCUT2D eigenvalue weighted by molar-refractivity contribution is 5.85. The van der Waals surface area contributed by atoms with Gasteiger partial charge in [0.2, 0.25) is 0 Å². The molecule has 0 heterocycles. The van der Waals surface area contributed by atoms with Crippen LogP contribution < -0.4 is 10.7 Å². The Hall–Kier alpha value is -0.800. The molecule has 11 heavy (non-hydrogen) atoms. The summed E-state index contributed by atoms with van der Waals surface area (Å²) >= 11 is 0. The number of nitrogens with zero attached hydrogens (tertiary/aromatic N) is 1. The topological polar surface area (TPSA) is 15.3 Å².